The van der Waals surface area contributed by atoms with E-state index in [2.05, 4.69) is 4.98 Å². The number of rotatable bonds is 7. The normalized spacial score (nSPS) is 16.4. The van der Waals surface area contributed by atoms with Crippen LogP contribution in [0, 0.1) is 19.7 Å². The highest BCUT2D eigenvalue weighted by atomic mass is 32.1. The quantitative estimate of drug-likeness (QED) is 0.196. The van der Waals surface area contributed by atoms with Gasteiger partial charge in [-0.15, -0.1) is 0 Å². The van der Waals surface area contributed by atoms with Crippen LogP contribution < -0.4 is 19.1 Å². The number of methoxy groups -OCH3 is 4. The number of thiazole rings is 1. The summed E-state index contributed by atoms with van der Waals surface area (Å²) in [4.78, 5) is 44.7. The standard InChI is InChI=1S/C27H25FN2O8S/c1-12-7-8-14(9-16(12)28)21(31)19-20(15-10-17(35-3)23(37-5)18(11-15)36-4)30(25(33)22(19)32)27-29-13(2)24(39-27)26(34)38-6/h7-11,20,31H,1-6H3/b21-19-. The number of amides is 1. The second kappa shape index (κ2) is 10.7. The molecule has 0 aliphatic carbocycles. The van der Waals surface area contributed by atoms with Crippen LogP contribution in [-0.2, 0) is 14.3 Å². The Balaban J connectivity index is 2.03. The lowest BCUT2D eigenvalue weighted by Crippen LogP contribution is -2.29. The predicted octanol–water partition coefficient (Wildman–Crippen LogP) is 4.34. The number of hydrogen-bond donors (Lipinski definition) is 1. The Labute approximate surface area is 227 Å². The highest BCUT2D eigenvalue weighted by molar-refractivity contribution is 7.17. The van der Waals surface area contributed by atoms with Crippen molar-refractivity contribution in [1.29, 1.82) is 0 Å². The predicted molar refractivity (Wildman–Crippen MR) is 140 cm³/mol. The summed E-state index contributed by atoms with van der Waals surface area (Å²) in [7, 11) is 5.44. The van der Waals surface area contributed by atoms with Gasteiger partial charge in [0.15, 0.2) is 16.6 Å². The largest absolute Gasteiger partial charge is 0.507 e. The van der Waals surface area contributed by atoms with Crippen molar-refractivity contribution < 1.29 is 42.8 Å². The Kier molecular flexibility index (Phi) is 7.59. The molecule has 1 aromatic heterocycles. The van der Waals surface area contributed by atoms with Crippen LogP contribution in [0.15, 0.2) is 35.9 Å². The molecular formula is C27H25FN2O8S. The van der Waals surface area contributed by atoms with Crippen LogP contribution in [0.5, 0.6) is 17.2 Å². The number of hydrogen-bond acceptors (Lipinski definition) is 10. The molecule has 1 aliphatic heterocycles. The molecule has 0 bridgehead atoms. The van der Waals surface area contributed by atoms with Crippen LogP contribution in [-0.4, -0.2) is 56.2 Å². The zero-order valence-corrected chi connectivity index (χ0v) is 22.8. The molecule has 39 heavy (non-hydrogen) atoms. The molecule has 1 amide bonds. The van der Waals surface area contributed by atoms with Crippen LogP contribution in [0.4, 0.5) is 9.52 Å². The van der Waals surface area contributed by atoms with Gasteiger partial charge in [0.1, 0.15) is 16.5 Å². The minimum Gasteiger partial charge on any atom is -0.507 e. The number of ether oxygens (including phenoxy) is 4. The number of carbonyl (C=O) groups excluding carboxylic acids is 3. The second-order valence-electron chi connectivity index (χ2n) is 8.49. The lowest BCUT2D eigenvalue weighted by atomic mass is 9.94. The van der Waals surface area contributed by atoms with Gasteiger partial charge in [0, 0.05) is 5.56 Å². The number of ketones is 1. The topological polar surface area (TPSA) is 124 Å². The smallest absolute Gasteiger partial charge is 0.350 e. The number of aryl methyl sites for hydroxylation is 2. The number of Topliss-reactive ketones (excluding diaryl/α,β-unsaturated/α-hetero) is 1. The van der Waals surface area contributed by atoms with Crippen LogP contribution in [0.25, 0.3) is 5.76 Å². The van der Waals surface area contributed by atoms with E-state index in [1.165, 1.54) is 52.7 Å². The highest BCUT2D eigenvalue weighted by Gasteiger charge is 2.49. The molecule has 1 fully saturated rings. The Morgan fingerprint density at radius 1 is 1.03 bits per heavy atom. The van der Waals surface area contributed by atoms with Gasteiger partial charge in [0.05, 0.1) is 45.7 Å². The fourth-order valence-electron chi connectivity index (χ4n) is 4.27. The Hall–Kier alpha value is -4.45. The Bertz CT molecular complexity index is 1500. The van der Waals surface area contributed by atoms with E-state index < -0.39 is 35.3 Å². The van der Waals surface area contributed by atoms with E-state index >= 15 is 0 Å². The zero-order valence-electron chi connectivity index (χ0n) is 21.9. The van der Waals surface area contributed by atoms with E-state index in [1.54, 1.807) is 13.8 Å². The number of aliphatic hydroxyl groups is 1. The summed E-state index contributed by atoms with van der Waals surface area (Å²) in [6, 6.07) is 5.76. The van der Waals surface area contributed by atoms with E-state index in [0.717, 1.165) is 22.3 Å². The summed E-state index contributed by atoms with van der Waals surface area (Å²) < 4.78 is 35.5. The average Bonchev–Trinajstić information content (AvgIpc) is 3.44. The summed E-state index contributed by atoms with van der Waals surface area (Å²) in [6.07, 6.45) is 0. The Morgan fingerprint density at radius 2 is 1.67 bits per heavy atom. The van der Waals surface area contributed by atoms with Crippen LogP contribution in [0.3, 0.4) is 0 Å². The number of halogens is 1. The molecule has 3 aromatic rings. The van der Waals surface area contributed by atoms with E-state index in [4.69, 9.17) is 18.9 Å². The van der Waals surface area contributed by atoms with Crippen molar-refractivity contribution >= 4 is 39.9 Å². The minimum atomic E-state index is -1.25. The molecule has 0 radical (unpaired) electrons. The van der Waals surface area contributed by atoms with Crippen LogP contribution in [0.2, 0.25) is 0 Å². The molecule has 1 unspecified atom stereocenters. The zero-order chi connectivity index (χ0) is 28.6. The molecule has 10 nitrogen and oxygen atoms in total. The van der Waals surface area contributed by atoms with Gasteiger partial charge >= 0.3 is 11.9 Å². The highest BCUT2D eigenvalue weighted by Crippen LogP contribution is 2.48. The summed E-state index contributed by atoms with van der Waals surface area (Å²) in [5.41, 5.74) is 0.601. The fraction of sp³-hybridized carbons (Fsp3) is 0.259. The lowest BCUT2D eigenvalue weighted by molar-refractivity contribution is -0.132. The summed E-state index contributed by atoms with van der Waals surface area (Å²) in [5.74, 6) is -3.17. The first-order valence-electron chi connectivity index (χ1n) is 11.5. The SMILES string of the molecule is COC(=O)c1sc(N2C(=O)C(=O)/C(=C(\O)c3ccc(C)c(F)c3)C2c2cc(OC)c(OC)c(OC)c2)nc1C. The number of carbonyl (C=O) groups is 3. The van der Waals surface area contributed by atoms with E-state index in [1.807, 2.05) is 0 Å². The molecule has 2 aromatic carbocycles. The first-order chi connectivity index (χ1) is 18.6. The van der Waals surface area contributed by atoms with Gasteiger partial charge in [-0.3, -0.25) is 14.5 Å². The Morgan fingerprint density at radius 3 is 2.21 bits per heavy atom. The average molecular weight is 557 g/mol. The first-order valence-corrected chi connectivity index (χ1v) is 12.3. The number of anilines is 1. The third-order valence-electron chi connectivity index (χ3n) is 6.25. The van der Waals surface area contributed by atoms with Gasteiger partial charge in [-0.25, -0.2) is 14.2 Å². The molecular weight excluding hydrogens is 531 g/mol. The molecule has 204 valence electrons. The van der Waals surface area contributed by atoms with Crippen molar-refractivity contribution in [2.24, 2.45) is 0 Å². The van der Waals surface area contributed by atoms with Crippen LogP contribution >= 0.6 is 11.3 Å². The van der Waals surface area contributed by atoms with Gasteiger partial charge < -0.3 is 24.1 Å². The lowest BCUT2D eigenvalue weighted by Gasteiger charge is -2.24. The molecule has 1 saturated heterocycles. The molecule has 0 saturated carbocycles. The van der Waals surface area contributed by atoms with Gasteiger partial charge in [0.2, 0.25) is 5.75 Å². The molecule has 1 N–H and O–H groups in total. The van der Waals surface area contributed by atoms with Crippen molar-refractivity contribution in [3.05, 3.63) is 69.0 Å². The first kappa shape index (κ1) is 27.6. The van der Waals surface area contributed by atoms with Crippen molar-refractivity contribution in [3.8, 4) is 17.2 Å². The summed E-state index contributed by atoms with van der Waals surface area (Å²) in [5, 5.41) is 11.3. The maximum absolute atomic E-state index is 14.4. The second-order valence-corrected chi connectivity index (χ2v) is 9.47. The number of benzene rings is 2. The maximum atomic E-state index is 14.4. The van der Waals surface area contributed by atoms with Gasteiger partial charge in [-0.1, -0.05) is 23.5 Å². The van der Waals surface area contributed by atoms with Gasteiger partial charge in [-0.2, -0.15) is 0 Å². The van der Waals surface area contributed by atoms with Crippen molar-refractivity contribution in [1.82, 2.24) is 4.98 Å². The van der Waals surface area contributed by atoms with Crippen molar-refractivity contribution in [2.75, 3.05) is 33.3 Å². The summed E-state index contributed by atoms with van der Waals surface area (Å²) >= 11 is 0.851. The summed E-state index contributed by atoms with van der Waals surface area (Å²) in [6.45, 7) is 3.12. The van der Waals surface area contributed by atoms with E-state index in [-0.39, 0.29) is 44.1 Å². The van der Waals surface area contributed by atoms with Crippen LogP contribution in [0.1, 0.15) is 38.1 Å². The third-order valence-corrected chi connectivity index (χ3v) is 7.39. The molecule has 12 heteroatoms. The number of nitrogens with zero attached hydrogens (tertiary/aromatic N) is 2. The maximum Gasteiger partial charge on any atom is 0.350 e. The van der Waals surface area contributed by atoms with Crippen molar-refractivity contribution in [3.63, 3.8) is 0 Å². The molecule has 1 aliphatic rings. The molecule has 0 spiro atoms. The van der Waals surface area contributed by atoms with E-state index in [0.29, 0.717) is 11.1 Å². The number of aliphatic hydroxyl groups excluding tert-OH is 1. The third kappa shape index (κ3) is 4.67. The van der Waals surface area contributed by atoms with Gasteiger partial charge in [-0.05, 0) is 43.2 Å². The monoisotopic (exact) mass is 556 g/mol. The number of esters is 1. The fourth-order valence-corrected chi connectivity index (χ4v) is 5.28. The molecule has 1 atom stereocenters. The molecule has 2 heterocycles. The van der Waals surface area contributed by atoms with Crippen molar-refractivity contribution in [2.45, 2.75) is 19.9 Å². The van der Waals surface area contributed by atoms with E-state index in [9.17, 15) is 23.9 Å². The minimum absolute atomic E-state index is 0.000823. The number of aromatic nitrogens is 1. The van der Waals surface area contributed by atoms with Gasteiger partial charge in [0.25, 0.3) is 5.78 Å². The molecule has 4 rings (SSSR count).